The molecule has 84 valence electrons. The Balaban J connectivity index is 2.28. The molecule has 0 aliphatic rings. The Bertz CT molecular complexity index is 575. The summed E-state index contributed by atoms with van der Waals surface area (Å²) in [4.78, 5) is 0.135. The van der Waals surface area contributed by atoms with E-state index in [-0.39, 0.29) is 10.7 Å². The van der Waals surface area contributed by atoms with Crippen molar-refractivity contribution in [1.29, 1.82) is 0 Å². The first kappa shape index (κ1) is 10.7. The normalized spacial score (nSPS) is 11.3. The van der Waals surface area contributed by atoms with E-state index in [1.165, 1.54) is 18.2 Å². The molecule has 0 fully saturated rings. The van der Waals surface area contributed by atoms with Crippen LogP contribution in [-0.2, 0) is 10.0 Å². The third kappa shape index (κ3) is 2.22. The Morgan fingerprint density at radius 3 is 2.50 bits per heavy atom. The fourth-order valence-corrected chi connectivity index (χ4v) is 2.10. The third-order valence-electron chi connectivity index (χ3n) is 1.87. The molecule has 0 N–H and O–H groups in total. The van der Waals surface area contributed by atoms with Gasteiger partial charge in [-0.2, -0.15) is 0 Å². The number of hydrogen-bond acceptors (Lipinski definition) is 4. The van der Waals surface area contributed by atoms with Crippen molar-refractivity contribution in [3.63, 3.8) is 0 Å². The van der Waals surface area contributed by atoms with Gasteiger partial charge in [0.1, 0.15) is 5.76 Å². The number of nitrogens with zero attached hydrogens (tertiary/aromatic N) is 2. The lowest BCUT2D eigenvalue weighted by molar-refractivity contribution is 0.401. The fraction of sp³-hybridized carbons (Fsp3) is 0.100. The highest BCUT2D eigenvalue weighted by molar-refractivity contribution is 7.94. The lowest BCUT2D eigenvalue weighted by atomic mass is 10.4. The molecule has 0 radical (unpaired) electrons. The van der Waals surface area contributed by atoms with Crippen LogP contribution in [0.5, 0.6) is 0 Å². The Morgan fingerprint density at radius 2 is 1.94 bits per heavy atom. The van der Waals surface area contributed by atoms with Crippen LogP contribution in [0.1, 0.15) is 5.76 Å². The van der Waals surface area contributed by atoms with Crippen LogP contribution >= 0.6 is 0 Å². The molecule has 0 atom stereocenters. The van der Waals surface area contributed by atoms with Crippen LogP contribution in [0.15, 0.2) is 45.8 Å². The molecule has 1 heterocycles. The van der Waals surface area contributed by atoms with Gasteiger partial charge >= 0.3 is 0 Å². The Hall–Kier alpha value is -1.82. The van der Waals surface area contributed by atoms with Crippen molar-refractivity contribution >= 4 is 15.8 Å². The molecular weight excluding hydrogens is 228 g/mol. The predicted molar refractivity (Wildman–Crippen MR) is 57.9 cm³/mol. The van der Waals surface area contributed by atoms with Crippen molar-refractivity contribution in [1.82, 2.24) is 5.16 Å². The molecule has 0 unspecified atom stereocenters. The fourth-order valence-electron chi connectivity index (χ4n) is 1.16. The number of sulfonamides is 1. The topological polar surface area (TPSA) is 74.3 Å². The van der Waals surface area contributed by atoms with Crippen molar-refractivity contribution in [2.75, 3.05) is 0 Å². The highest BCUT2D eigenvalue weighted by Gasteiger charge is 2.08. The summed E-state index contributed by atoms with van der Waals surface area (Å²) in [5.74, 6) is 0.573. The molecule has 0 bridgehead atoms. The van der Waals surface area contributed by atoms with Crippen LogP contribution in [0.2, 0.25) is 0 Å². The third-order valence-corrected chi connectivity index (χ3v) is 3.17. The summed E-state index contributed by atoms with van der Waals surface area (Å²) in [7, 11) is -3.70. The van der Waals surface area contributed by atoms with Gasteiger partial charge in [0.15, 0.2) is 0 Å². The van der Waals surface area contributed by atoms with E-state index in [0.717, 1.165) is 0 Å². The maximum atomic E-state index is 11.8. The van der Waals surface area contributed by atoms with E-state index in [0.29, 0.717) is 5.76 Å². The van der Waals surface area contributed by atoms with Crippen molar-refractivity contribution in [2.24, 2.45) is 0 Å². The maximum absolute atomic E-state index is 11.8. The summed E-state index contributed by atoms with van der Waals surface area (Å²) < 4.78 is 31.8. The van der Waals surface area contributed by atoms with Crippen molar-refractivity contribution in [3.8, 4) is 0 Å². The van der Waals surface area contributed by atoms with Gasteiger partial charge in [-0.15, -0.1) is 0 Å². The first-order chi connectivity index (χ1) is 7.58. The van der Waals surface area contributed by atoms with Crippen molar-refractivity contribution < 1.29 is 12.9 Å². The smallest absolute Gasteiger partial charge is 0.202 e. The zero-order chi connectivity index (χ0) is 11.6. The first-order valence-corrected chi connectivity index (χ1v) is 5.98. The van der Waals surface area contributed by atoms with Gasteiger partial charge in [0.05, 0.1) is 4.90 Å². The largest absolute Gasteiger partial charge is 0.460 e. The minimum Gasteiger partial charge on any atom is -0.460 e. The molecule has 0 saturated carbocycles. The molecule has 5 nitrogen and oxygen atoms in total. The van der Waals surface area contributed by atoms with Crippen LogP contribution in [0.25, 0.3) is 4.72 Å². The molecular formula is C10H9N2O3S-. The molecule has 2 aromatic rings. The second-order valence-corrected chi connectivity index (χ2v) is 4.78. The Morgan fingerprint density at radius 1 is 1.25 bits per heavy atom. The number of benzene rings is 1. The number of aryl methyl sites for hydroxylation is 1. The summed E-state index contributed by atoms with van der Waals surface area (Å²) in [5, 5.41) is 3.51. The van der Waals surface area contributed by atoms with Crippen LogP contribution in [0, 0.1) is 6.92 Å². The molecule has 16 heavy (non-hydrogen) atoms. The molecule has 0 amide bonds. The molecule has 2 rings (SSSR count). The van der Waals surface area contributed by atoms with E-state index in [2.05, 4.69) is 9.88 Å². The monoisotopic (exact) mass is 237 g/mol. The van der Waals surface area contributed by atoms with Gasteiger partial charge in [0.25, 0.3) is 0 Å². The molecule has 0 aliphatic carbocycles. The van der Waals surface area contributed by atoms with Crippen LogP contribution in [0.3, 0.4) is 0 Å². The molecule has 0 aliphatic heterocycles. The van der Waals surface area contributed by atoms with Crippen LogP contribution in [0.4, 0.5) is 5.82 Å². The average molecular weight is 237 g/mol. The Kier molecular flexibility index (Phi) is 2.66. The van der Waals surface area contributed by atoms with Gasteiger partial charge in [-0.05, 0) is 30.9 Å². The standard InChI is InChI=1S/C10H9N2O3S/c1-8-7-10(11-15-8)12-16(13,14)9-5-3-2-4-6-9/h2-7H,1H3/q-1. The second kappa shape index (κ2) is 3.97. The van der Waals surface area contributed by atoms with E-state index >= 15 is 0 Å². The molecule has 6 heteroatoms. The SMILES string of the molecule is Cc1cc([N-]S(=O)(=O)c2ccccc2)no1. The highest BCUT2D eigenvalue weighted by Crippen LogP contribution is 2.26. The lowest BCUT2D eigenvalue weighted by Crippen LogP contribution is -1.96. The van der Waals surface area contributed by atoms with Gasteiger partial charge < -0.3 is 9.25 Å². The number of hydrogen-bond donors (Lipinski definition) is 0. The van der Waals surface area contributed by atoms with E-state index in [1.807, 2.05) is 0 Å². The minimum atomic E-state index is -3.70. The zero-order valence-electron chi connectivity index (χ0n) is 8.49. The summed E-state index contributed by atoms with van der Waals surface area (Å²) >= 11 is 0. The van der Waals surface area contributed by atoms with Crippen LogP contribution in [-0.4, -0.2) is 13.6 Å². The second-order valence-electron chi connectivity index (χ2n) is 3.18. The molecule has 1 aromatic heterocycles. The van der Waals surface area contributed by atoms with Gasteiger partial charge in [-0.1, -0.05) is 18.2 Å². The van der Waals surface area contributed by atoms with Gasteiger partial charge in [-0.25, -0.2) is 8.42 Å². The molecule has 0 saturated heterocycles. The first-order valence-electron chi connectivity index (χ1n) is 4.54. The summed E-state index contributed by atoms with van der Waals surface area (Å²) in [6, 6.07) is 9.42. The van der Waals surface area contributed by atoms with E-state index < -0.39 is 10.0 Å². The Labute approximate surface area is 93.1 Å². The summed E-state index contributed by atoms with van der Waals surface area (Å²) in [5.41, 5.74) is 0. The number of rotatable bonds is 3. The molecule has 0 spiro atoms. The van der Waals surface area contributed by atoms with Crippen molar-refractivity contribution in [2.45, 2.75) is 11.8 Å². The number of aromatic nitrogens is 1. The molecule has 1 aromatic carbocycles. The van der Waals surface area contributed by atoms with Gasteiger partial charge in [-0.3, -0.25) is 5.16 Å². The zero-order valence-corrected chi connectivity index (χ0v) is 9.31. The lowest BCUT2D eigenvalue weighted by Gasteiger charge is -2.10. The highest BCUT2D eigenvalue weighted by atomic mass is 32.2. The van der Waals surface area contributed by atoms with E-state index in [4.69, 9.17) is 4.52 Å². The quantitative estimate of drug-likeness (QED) is 0.821. The van der Waals surface area contributed by atoms with E-state index in [9.17, 15) is 8.42 Å². The predicted octanol–water partition coefficient (Wildman–Crippen LogP) is 2.38. The van der Waals surface area contributed by atoms with Crippen LogP contribution < -0.4 is 0 Å². The van der Waals surface area contributed by atoms with Gasteiger partial charge in [0, 0.05) is 0 Å². The minimum absolute atomic E-state index is 0.0568. The average Bonchev–Trinajstić information content (AvgIpc) is 2.64. The van der Waals surface area contributed by atoms with E-state index in [1.54, 1.807) is 25.1 Å². The summed E-state index contributed by atoms with van der Waals surface area (Å²) in [6.45, 7) is 1.67. The summed E-state index contributed by atoms with van der Waals surface area (Å²) in [6.07, 6.45) is 0. The van der Waals surface area contributed by atoms with Gasteiger partial charge in [0.2, 0.25) is 10.0 Å². The van der Waals surface area contributed by atoms with Crippen molar-refractivity contribution in [3.05, 3.63) is 46.9 Å². The maximum Gasteiger partial charge on any atom is 0.202 e.